The predicted molar refractivity (Wildman–Crippen MR) is 54.0 cm³/mol. The van der Waals surface area contributed by atoms with Gasteiger partial charge in [0.05, 0.1) is 0 Å². The van der Waals surface area contributed by atoms with E-state index in [9.17, 15) is 4.79 Å². The number of fused-ring (bicyclic) bond motifs is 1. The van der Waals surface area contributed by atoms with Gasteiger partial charge in [-0.15, -0.1) is 0 Å². The summed E-state index contributed by atoms with van der Waals surface area (Å²) in [6.07, 6.45) is 1.65. The molecule has 0 saturated carbocycles. The van der Waals surface area contributed by atoms with Crippen molar-refractivity contribution in [3.63, 3.8) is 0 Å². The predicted octanol–water partition coefficient (Wildman–Crippen LogP) is 2.70. The van der Waals surface area contributed by atoms with Gasteiger partial charge in [-0.25, -0.2) is 4.98 Å². The number of hydrogen-bond acceptors (Lipinski definition) is 2. The summed E-state index contributed by atoms with van der Waals surface area (Å²) < 4.78 is 0.868. The molecule has 0 radical (unpaired) electrons. The molecule has 66 valence electrons. The van der Waals surface area contributed by atoms with Crippen LogP contribution in [0.5, 0.6) is 0 Å². The lowest BCUT2D eigenvalue weighted by atomic mass is 10.3. The number of rotatable bonds is 1. The Morgan fingerprint density at radius 3 is 3.00 bits per heavy atom. The van der Waals surface area contributed by atoms with Crippen molar-refractivity contribution in [2.45, 2.75) is 0 Å². The SMILES string of the molecule is O=C(Cl)c1cc2cc(Br)cnc2[nH]1. The van der Waals surface area contributed by atoms with Crippen LogP contribution in [-0.4, -0.2) is 15.2 Å². The van der Waals surface area contributed by atoms with Gasteiger partial charge in [0.1, 0.15) is 11.3 Å². The van der Waals surface area contributed by atoms with Gasteiger partial charge >= 0.3 is 0 Å². The molecule has 0 fully saturated rings. The maximum absolute atomic E-state index is 10.8. The van der Waals surface area contributed by atoms with E-state index in [-0.39, 0.29) is 0 Å². The van der Waals surface area contributed by atoms with Gasteiger partial charge in [-0.1, -0.05) is 0 Å². The Kier molecular flexibility index (Phi) is 2.09. The molecule has 0 aliphatic heterocycles. The number of pyridine rings is 1. The van der Waals surface area contributed by atoms with E-state index in [0.717, 1.165) is 9.86 Å². The first-order valence-electron chi connectivity index (χ1n) is 3.51. The lowest BCUT2D eigenvalue weighted by molar-refractivity contribution is 0.107. The number of H-pyrrole nitrogens is 1. The van der Waals surface area contributed by atoms with E-state index >= 15 is 0 Å². The molecule has 0 aromatic carbocycles. The highest BCUT2D eigenvalue weighted by Crippen LogP contribution is 2.18. The number of aromatic amines is 1. The van der Waals surface area contributed by atoms with Crippen LogP contribution in [0.15, 0.2) is 22.8 Å². The molecule has 0 unspecified atom stereocenters. The summed E-state index contributed by atoms with van der Waals surface area (Å²) in [6.45, 7) is 0. The summed E-state index contributed by atoms with van der Waals surface area (Å²) in [6, 6.07) is 3.53. The zero-order valence-corrected chi connectivity index (χ0v) is 8.69. The average Bonchev–Trinajstić information content (AvgIpc) is 2.46. The fourth-order valence-electron chi connectivity index (χ4n) is 1.09. The summed E-state index contributed by atoms with van der Waals surface area (Å²) in [5.41, 5.74) is 1.02. The molecule has 3 nitrogen and oxygen atoms in total. The summed E-state index contributed by atoms with van der Waals surface area (Å²) in [5.74, 6) is 0. The van der Waals surface area contributed by atoms with E-state index in [2.05, 4.69) is 25.9 Å². The molecule has 0 aliphatic carbocycles. The normalized spacial score (nSPS) is 10.6. The van der Waals surface area contributed by atoms with Gasteiger partial charge in [0.15, 0.2) is 0 Å². The Balaban J connectivity index is 2.68. The fourth-order valence-corrected chi connectivity index (χ4v) is 1.55. The van der Waals surface area contributed by atoms with Crippen LogP contribution in [0.3, 0.4) is 0 Å². The topological polar surface area (TPSA) is 45.8 Å². The molecule has 2 aromatic rings. The van der Waals surface area contributed by atoms with Crippen molar-refractivity contribution < 1.29 is 4.79 Å². The summed E-state index contributed by atoms with van der Waals surface area (Å²) in [4.78, 5) is 17.7. The van der Waals surface area contributed by atoms with E-state index < -0.39 is 5.24 Å². The summed E-state index contributed by atoms with van der Waals surface area (Å²) in [5, 5.41) is 0.354. The molecule has 0 aliphatic rings. The minimum atomic E-state index is -0.505. The lowest BCUT2D eigenvalue weighted by Gasteiger charge is -1.88. The van der Waals surface area contributed by atoms with Crippen LogP contribution in [0.4, 0.5) is 0 Å². The monoisotopic (exact) mass is 258 g/mol. The molecule has 1 N–H and O–H groups in total. The van der Waals surface area contributed by atoms with Crippen molar-refractivity contribution in [3.05, 3.63) is 28.5 Å². The Bertz CT molecular complexity index is 480. The summed E-state index contributed by atoms with van der Waals surface area (Å²) in [7, 11) is 0. The maximum Gasteiger partial charge on any atom is 0.268 e. The smallest absolute Gasteiger partial charge is 0.268 e. The van der Waals surface area contributed by atoms with Crippen LogP contribution in [0.2, 0.25) is 0 Å². The highest BCUT2D eigenvalue weighted by Gasteiger charge is 2.06. The maximum atomic E-state index is 10.8. The molecule has 5 heteroatoms. The zero-order chi connectivity index (χ0) is 9.42. The van der Waals surface area contributed by atoms with Gasteiger partial charge in [0.2, 0.25) is 0 Å². The Morgan fingerprint density at radius 1 is 1.54 bits per heavy atom. The number of carbonyl (C=O) groups is 1. The number of halogens is 2. The molecule has 0 amide bonds. The molecule has 0 saturated heterocycles. The highest BCUT2D eigenvalue weighted by molar-refractivity contribution is 9.10. The van der Waals surface area contributed by atoms with Gasteiger partial charge in [0.25, 0.3) is 5.24 Å². The van der Waals surface area contributed by atoms with Crippen molar-refractivity contribution in [3.8, 4) is 0 Å². The second kappa shape index (κ2) is 3.12. The Hall–Kier alpha value is -0.870. The van der Waals surface area contributed by atoms with Crippen molar-refractivity contribution >= 4 is 43.8 Å². The summed E-state index contributed by atoms with van der Waals surface area (Å²) >= 11 is 8.59. The van der Waals surface area contributed by atoms with Crippen molar-refractivity contribution in [1.82, 2.24) is 9.97 Å². The van der Waals surface area contributed by atoms with E-state index in [1.54, 1.807) is 12.3 Å². The van der Waals surface area contributed by atoms with E-state index in [0.29, 0.717) is 11.3 Å². The third-order valence-electron chi connectivity index (χ3n) is 1.65. The minimum absolute atomic E-state index is 0.363. The zero-order valence-electron chi connectivity index (χ0n) is 6.34. The average molecular weight is 259 g/mol. The van der Waals surface area contributed by atoms with Gasteiger partial charge in [-0.05, 0) is 39.7 Å². The van der Waals surface area contributed by atoms with Crippen LogP contribution in [0.25, 0.3) is 11.0 Å². The molecule has 2 heterocycles. The van der Waals surface area contributed by atoms with E-state index in [1.807, 2.05) is 6.07 Å². The largest absolute Gasteiger partial charge is 0.336 e. The van der Waals surface area contributed by atoms with Crippen molar-refractivity contribution in [1.29, 1.82) is 0 Å². The minimum Gasteiger partial charge on any atom is -0.336 e. The molecule has 2 rings (SSSR count). The molecular weight excluding hydrogens is 255 g/mol. The quantitative estimate of drug-likeness (QED) is 0.800. The molecule has 0 atom stereocenters. The number of hydrogen-bond donors (Lipinski definition) is 1. The third kappa shape index (κ3) is 1.59. The highest BCUT2D eigenvalue weighted by atomic mass is 79.9. The van der Waals surface area contributed by atoms with Crippen LogP contribution in [0.1, 0.15) is 10.5 Å². The van der Waals surface area contributed by atoms with Crippen LogP contribution in [0, 0.1) is 0 Å². The number of carbonyl (C=O) groups excluding carboxylic acids is 1. The van der Waals surface area contributed by atoms with Crippen molar-refractivity contribution in [2.24, 2.45) is 0 Å². The first-order chi connectivity index (χ1) is 6.16. The Morgan fingerprint density at radius 2 is 2.31 bits per heavy atom. The van der Waals surface area contributed by atoms with E-state index in [4.69, 9.17) is 11.6 Å². The van der Waals surface area contributed by atoms with Crippen LogP contribution in [-0.2, 0) is 0 Å². The van der Waals surface area contributed by atoms with E-state index in [1.165, 1.54) is 0 Å². The standard InChI is InChI=1S/C8H4BrClN2O/c9-5-1-4-2-6(7(10)13)12-8(4)11-3-5/h1-3H,(H,11,12). The van der Waals surface area contributed by atoms with Crippen LogP contribution < -0.4 is 0 Å². The molecule has 0 spiro atoms. The fraction of sp³-hybridized carbons (Fsp3) is 0. The van der Waals surface area contributed by atoms with Gasteiger partial charge in [-0.2, -0.15) is 0 Å². The third-order valence-corrected chi connectivity index (χ3v) is 2.29. The van der Waals surface area contributed by atoms with Crippen LogP contribution >= 0.6 is 27.5 Å². The Labute approximate surface area is 87.2 Å². The number of nitrogens with one attached hydrogen (secondary N) is 1. The van der Waals surface area contributed by atoms with Gasteiger partial charge in [0, 0.05) is 16.1 Å². The van der Waals surface area contributed by atoms with Crippen molar-refractivity contribution in [2.75, 3.05) is 0 Å². The second-order valence-electron chi connectivity index (χ2n) is 2.55. The second-order valence-corrected chi connectivity index (χ2v) is 3.81. The molecular formula is C8H4BrClN2O. The lowest BCUT2D eigenvalue weighted by Crippen LogP contribution is -1.86. The number of aromatic nitrogens is 2. The van der Waals surface area contributed by atoms with Gasteiger partial charge in [-0.3, -0.25) is 4.79 Å². The molecule has 13 heavy (non-hydrogen) atoms. The first-order valence-corrected chi connectivity index (χ1v) is 4.68. The number of nitrogens with zero attached hydrogens (tertiary/aromatic N) is 1. The molecule has 2 aromatic heterocycles. The first kappa shape index (κ1) is 8.72. The molecule has 0 bridgehead atoms. The van der Waals surface area contributed by atoms with Gasteiger partial charge < -0.3 is 4.98 Å².